The van der Waals surface area contributed by atoms with E-state index in [0.717, 1.165) is 0 Å². The Balaban J connectivity index is 4.35. The third-order valence-corrected chi connectivity index (χ3v) is 5.46. The predicted molar refractivity (Wildman–Crippen MR) is 135 cm³/mol. The second-order valence-corrected chi connectivity index (χ2v) is 8.70. The first-order valence-corrected chi connectivity index (χ1v) is 12.5. The van der Waals surface area contributed by atoms with Gasteiger partial charge in [-0.1, -0.05) is 6.42 Å². The monoisotopic (exact) mass is 575 g/mol. The number of aliphatic carboxylic acids is 4. The Morgan fingerprint density at radius 1 is 0.575 bits per heavy atom. The van der Waals surface area contributed by atoms with Gasteiger partial charge in [-0.3, -0.25) is 24.0 Å². The summed E-state index contributed by atoms with van der Waals surface area (Å²) in [7, 11) is 1.37. The van der Waals surface area contributed by atoms with Crippen LogP contribution < -0.4 is 26.6 Å². The molecule has 0 spiro atoms. The maximum absolute atomic E-state index is 12.0. The lowest BCUT2D eigenvalue weighted by Gasteiger charge is -2.18. The van der Waals surface area contributed by atoms with E-state index in [4.69, 9.17) is 15.3 Å². The number of amides is 5. The van der Waals surface area contributed by atoms with Crippen LogP contribution in [0.2, 0.25) is 0 Å². The van der Waals surface area contributed by atoms with Gasteiger partial charge in [0.1, 0.15) is 18.1 Å². The van der Waals surface area contributed by atoms with Crippen molar-refractivity contribution in [1.29, 1.82) is 0 Å². The highest BCUT2D eigenvalue weighted by Gasteiger charge is 2.25. The highest BCUT2D eigenvalue weighted by Crippen LogP contribution is 2.04. The molecule has 0 aromatic rings. The molecule has 226 valence electrons. The van der Waals surface area contributed by atoms with Crippen molar-refractivity contribution in [2.75, 3.05) is 13.6 Å². The van der Waals surface area contributed by atoms with Gasteiger partial charge in [-0.2, -0.15) is 0 Å². The highest BCUT2D eigenvalue weighted by atomic mass is 16.4. The van der Waals surface area contributed by atoms with Gasteiger partial charge in [0.05, 0.1) is 0 Å². The average Bonchev–Trinajstić information content (AvgIpc) is 2.87. The van der Waals surface area contributed by atoms with Crippen LogP contribution in [0.15, 0.2) is 0 Å². The van der Waals surface area contributed by atoms with Crippen molar-refractivity contribution in [2.24, 2.45) is 0 Å². The van der Waals surface area contributed by atoms with Crippen LogP contribution in [0.5, 0.6) is 0 Å². The molecular weight excluding hydrogens is 538 g/mol. The van der Waals surface area contributed by atoms with Crippen LogP contribution in [-0.4, -0.2) is 99.8 Å². The largest absolute Gasteiger partial charge is 0.481 e. The molecule has 0 aliphatic heterocycles. The third kappa shape index (κ3) is 17.1. The number of likely N-dealkylation sites (N-methyl/N-ethyl adjacent to an activating group) is 1. The van der Waals surface area contributed by atoms with E-state index in [-0.39, 0.29) is 38.6 Å². The molecule has 0 saturated carbocycles. The molecular formula is C23H37N5O12. The molecule has 0 aromatic carbocycles. The van der Waals surface area contributed by atoms with Gasteiger partial charge in [-0.05, 0) is 32.1 Å². The molecule has 0 bridgehead atoms. The van der Waals surface area contributed by atoms with Crippen molar-refractivity contribution >= 4 is 47.6 Å². The summed E-state index contributed by atoms with van der Waals surface area (Å²) >= 11 is 0. The second kappa shape index (κ2) is 19.6. The first-order valence-electron chi connectivity index (χ1n) is 12.5. The first kappa shape index (κ1) is 35.6. The molecule has 0 aliphatic carbocycles. The Morgan fingerprint density at radius 3 is 1.55 bits per heavy atom. The summed E-state index contributed by atoms with van der Waals surface area (Å²) in [5.74, 6) is -6.73. The van der Waals surface area contributed by atoms with Gasteiger partial charge in [0, 0.05) is 39.3 Å². The van der Waals surface area contributed by atoms with Crippen molar-refractivity contribution in [3.63, 3.8) is 0 Å². The van der Waals surface area contributed by atoms with Crippen molar-refractivity contribution < 1.29 is 58.8 Å². The van der Waals surface area contributed by atoms with Crippen LogP contribution in [0.4, 0.5) is 4.79 Å². The lowest BCUT2D eigenvalue weighted by Crippen LogP contribution is -2.51. The fraction of sp³-hybridized carbons (Fsp3) is 0.652. The van der Waals surface area contributed by atoms with Crippen molar-refractivity contribution in [3.8, 4) is 0 Å². The fourth-order valence-electron chi connectivity index (χ4n) is 3.30. The lowest BCUT2D eigenvalue weighted by molar-refractivity contribution is -0.141. The maximum Gasteiger partial charge on any atom is 0.326 e. The zero-order valence-electron chi connectivity index (χ0n) is 22.1. The van der Waals surface area contributed by atoms with Gasteiger partial charge in [-0.25, -0.2) is 14.4 Å². The van der Waals surface area contributed by atoms with Gasteiger partial charge < -0.3 is 47.0 Å². The summed E-state index contributed by atoms with van der Waals surface area (Å²) in [4.78, 5) is 91.7. The van der Waals surface area contributed by atoms with Crippen LogP contribution in [0.1, 0.15) is 64.2 Å². The van der Waals surface area contributed by atoms with Gasteiger partial charge in [-0.15, -0.1) is 0 Å². The number of carbonyl (C=O) groups excluding carboxylic acids is 4. The minimum Gasteiger partial charge on any atom is -0.481 e. The molecule has 9 N–H and O–H groups in total. The average molecular weight is 576 g/mol. The lowest BCUT2D eigenvalue weighted by atomic mass is 10.1. The standard InChI is InChI=1S/C23H37N5O12/c1-24-20(35)13(7-10-18(31)32)26-17(30)5-3-2-4-12-25-16(29)9-6-14(21(36)37)27-23(40)28-15(22(38)39)8-11-19(33)34/h13-15H,2-12H2,1H3,(H,24,35)(H,25,29)(H,26,30)(H,31,32)(H,33,34)(H,36,37)(H,38,39)(H2,27,28,40). The van der Waals surface area contributed by atoms with E-state index >= 15 is 0 Å². The molecule has 0 saturated heterocycles. The molecule has 3 atom stereocenters. The van der Waals surface area contributed by atoms with Crippen LogP contribution >= 0.6 is 0 Å². The van der Waals surface area contributed by atoms with Gasteiger partial charge in [0.15, 0.2) is 0 Å². The Morgan fingerprint density at radius 2 is 1.07 bits per heavy atom. The highest BCUT2D eigenvalue weighted by molar-refractivity contribution is 5.88. The number of unbranched alkanes of at least 4 members (excludes halogenated alkanes) is 2. The summed E-state index contributed by atoms with van der Waals surface area (Å²) in [5, 5.41) is 47.2. The summed E-state index contributed by atoms with van der Waals surface area (Å²) < 4.78 is 0. The molecule has 3 unspecified atom stereocenters. The number of hydrogen-bond acceptors (Lipinski definition) is 8. The number of carbonyl (C=O) groups is 8. The molecule has 0 aromatic heterocycles. The quantitative estimate of drug-likeness (QED) is 0.0715. The van der Waals surface area contributed by atoms with E-state index in [9.17, 15) is 43.5 Å². The zero-order valence-corrected chi connectivity index (χ0v) is 22.1. The van der Waals surface area contributed by atoms with Crippen LogP contribution in [0, 0.1) is 0 Å². The number of hydrogen-bond donors (Lipinski definition) is 9. The van der Waals surface area contributed by atoms with Crippen molar-refractivity contribution in [2.45, 2.75) is 82.3 Å². The summed E-state index contributed by atoms with van der Waals surface area (Å²) in [6.45, 7) is 0.232. The predicted octanol–water partition coefficient (Wildman–Crippen LogP) is -1.39. The molecule has 40 heavy (non-hydrogen) atoms. The van der Waals surface area contributed by atoms with Gasteiger partial charge >= 0.3 is 29.9 Å². The molecule has 0 radical (unpaired) electrons. The van der Waals surface area contributed by atoms with Crippen LogP contribution in [0.3, 0.4) is 0 Å². The molecule has 0 rings (SSSR count). The molecule has 0 fully saturated rings. The minimum atomic E-state index is -1.55. The Hall–Kier alpha value is -4.44. The summed E-state index contributed by atoms with van der Waals surface area (Å²) in [6, 6.07) is -5.15. The fourth-order valence-corrected chi connectivity index (χ4v) is 3.30. The SMILES string of the molecule is CNC(=O)C(CCC(=O)O)NC(=O)CCCCCNC(=O)CCC(NC(=O)NC(CCC(=O)O)C(=O)O)C(=O)O. The number of rotatable bonds is 21. The normalized spacial score (nSPS) is 12.6. The first-order chi connectivity index (χ1) is 18.8. The van der Waals surface area contributed by atoms with Crippen LogP contribution in [-0.2, 0) is 33.6 Å². The minimum absolute atomic E-state index is 0.0502. The number of carboxylic acid groups (broad SMARTS) is 4. The van der Waals surface area contributed by atoms with Crippen LogP contribution in [0.25, 0.3) is 0 Å². The van der Waals surface area contributed by atoms with E-state index in [0.29, 0.717) is 19.3 Å². The number of urea groups is 1. The molecule has 17 nitrogen and oxygen atoms in total. The zero-order chi connectivity index (χ0) is 30.7. The maximum atomic E-state index is 12.0. The summed E-state index contributed by atoms with van der Waals surface area (Å²) in [6.07, 6.45) is -0.279. The smallest absolute Gasteiger partial charge is 0.326 e. The number of nitrogens with one attached hydrogen (secondary N) is 5. The van der Waals surface area contributed by atoms with Crippen molar-refractivity contribution in [3.05, 3.63) is 0 Å². The molecule has 0 aliphatic rings. The molecule has 17 heteroatoms. The summed E-state index contributed by atoms with van der Waals surface area (Å²) in [5.41, 5.74) is 0. The third-order valence-electron chi connectivity index (χ3n) is 5.46. The molecule has 0 heterocycles. The van der Waals surface area contributed by atoms with E-state index < -0.39 is 78.6 Å². The topological polar surface area (TPSA) is 278 Å². The van der Waals surface area contributed by atoms with E-state index in [2.05, 4.69) is 16.0 Å². The van der Waals surface area contributed by atoms with E-state index in [1.54, 1.807) is 0 Å². The number of carboxylic acids is 4. The molecule has 5 amide bonds. The van der Waals surface area contributed by atoms with Gasteiger partial charge in [0.25, 0.3) is 0 Å². The van der Waals surface area contributed by atoms with Crippen molar-refractivity contribution in [1.82, 2.24) is 26.6 Å². The second-order valence-electron chi connectivity index (χ2n) is 8.70. The Labute approximate surface area is 229 Å². The Kier molecular flexibility index (Phi) is 17.4. The van der Waals surface area contributed by atoms with E-state index in [1.165, 1.54) is 7.05 Å². The van der Waals surface area contributed by atoms with Gasteiger partial charge in [0.2, 0.25) is 17.7 Å². The van der Waals surface area contributed by atoms with E-state index in [1.807, 2.05) is 10.6 Å². The Bertz CT molecular complexity index is 926.